The third-order valence-electron chi connectivity index (χ3n) is 5.30. The molecule has 0 radical (unpaired) electrons. The molecule has 1 heterocycles. The van der Waals surface area contributed by atoms with Crippen LogP contribution in [-0.2, 0) is 23.0 Å². The highest BCUT2D eigenvalue weighted by Crippen LogP contribution is 2.20. The van der Waals surface area contributed by atoms with Crippen LogP contribution in [0, 0.1) is 11.3 Å². The first-order chi connectivity index (χ1) is 14.4. The number of fused-ring (bicyclic) bond motifs is 1. The summed E-state index contributed by atoms with van der Waals surface area (Å²) in [7, 11) is -3.68. The predicted molar refractivity (Wildman–Crippen MR) is 114 cm³/mol. The molecule has 0 aliphatic carbocycles. The fourth-order valence-electron chi connectivity index (χ4n) is 3.48. The van der Waals surface area contributed by atoms with Crippen LogP contribution in [0.2, 0.25) is 0 Å². The van der Waals surface area contributed by atoms with Gasteiger partial charge in [-0.25, -0.2) is 13.1 Å². The molecule has 0 aromatic heterocycles. The second-order valence-electron chi connectivity index (χ2n) is 7.38. The van der Waals surface area contributed by atoms with Gasteiger partial charge >= 0.3 is 0 Å². The summed E-state index contributed by atoms with van der Waals surface area (Å²) in [5.41, 5.74) is 3.13. The van der Waals surface area contributed by atoms with Gasteiger partial charge in [-0.15, -0.1) is 0 Å². The molecule has 1 aliphatic heterocycles. The fourth-order valence-corrected chi connectivity index (χ4v) is 4.51. The van der Waals surface area contributed by atoms with Gasteiger partial charge in [0.05, 0.1) is 11.0 Å². The molecule has 1 amide bonds. The Morgan fingerprint density at radius 1 is 1.17 bits per heavy atom. The molecule has 7 nitrogen and oxygen atoms in total. The number of nitriles is 1. The van der Waals surface area contributed by atoms with E-state index in [-0.39, 0.29) is 29.8 Å². The van der Waals surface area contributed by atoms with Crippen molar-refractivity contribution in [2.75, 3.05) is 19.6 Å². The molecule has 2 N–H and O–H groups in total. The largest absolute Gasteiger partial charge is 0.350 e. The SMILES string of the molecule is CC(CNC(=O)c1ccc(S(=O)(=O)NCCC#N)cc1)N1CCc2ccccc2C1. The molecular formula is C22H26N4O3S. The van der Waals surface area contributed by atoms with E-state index in [9.17, 15) is 13.2 Å². The molecule has 2 aromatic carbocycles. The molecule has 8 heteroatoms. The van der Waals surface area contributed by atoms with E-state index in [1.54, 1.807) is 0 Å². The van der Waals surface area contributed by atoms with Crippen LogP contribution in [0.4, 0.5) is 0 Å². The van der Waals surface area contributed by atoms with Crippen molar-refractivity contribution < 1.29 is 13.2 Å². The Labute approximate surface area is 177 Å². The number of amides is 1. The first-order valence-corrected chi connectivity index (χ1v) is 11.4. The maximum atomic E-state index is 12.5. The first kappa shape index (κ1) is 22.0. The number of hydrogen-bond donors (Lipinski definition) is 2. The molecule has 0 spiro atoms. The molecule has 0 saturated carbocycles. The van der Waals surface area contributed by atoms with E-state index in [4.69, 9.17) is 5.26 Å². The molecular weight excluding hydrogens is 400 g/mol. The summed E-state index contributed by atoms with van der Waals surface area (Å²) in [6, 6.07) is 16.3. The number of rotatable bonds is 8. The standard InChI is InChI=1S/C22H26N4O3S/c1-17(26-14-11-18-5-2-3-6-20(18)16-26)15-24-22(27)19-7-9-21(10-8-19)30(28,29)25-13-4-12-23/h2-3,5-10,17,25H,4,11,13-16H2,1H3,(H,24,27). The third-order valence-corrected chi connectivity index (χ3v) is 6.77. The molecule has 1 unspecified atom stereocenters. The number of carbonyl (C=O) groups is 1. The average molecular weight is 427 g/mol. The van der Waals surface area contributed by atoms with Crippen LogP contribution in [0.3, 0.4) is 0 Å². The minimum Gasteiger partial charge on any atom is -0.350 e. The summed E-state index contributed by atoms with van der Waals surface area (Å²) in [5, 5.41) is 11.5. The highest BCUT2D eigenvalue weighted by atomic mass is 32.2. The van der Waals surface area contributed by atoms with Crippen molar-refractivity contribution >= 4 is 15.9 Å². The van der Waals surface area contributed by atoms with Gasteiger partial charge in [0.2, 0.25) is 10.0 Å². The Morgan fingerprint density at radius 3 is 2.57 bits per heavy atom. The highest BCUT2D eigenvalue weighted by Gasteiger charge is 2.21. The van der Waals surface area contributed by atoms with E-state index in [1.807, 2.05) is 6.07 Å². The van der Waals surface area contributed by atoms with Gasteiger partial charge in [-0.3, -0.25) is 9.69 Å². The van der Waals surface area contributed by atoms with Crippen LogP contribution < -0.4 is 10.0 Å². The molecule has 3 rings (SSSR count). The lowest BCUT2D eigenvalue weighted by Gasteiger charge is -2.33. The predicted octanol–water partition coefficient (Wildman–Crippen LogP) is 2.06. The molecule has 0 bridgehead atoms. The topological polar surface area (TPSA) is 102 Å². The normalized spacial score (nSPS) is 15.1. The van der Waals surface area contributed by atoms with Crippen molar-refractivity contribution in [1.82, 2.24) is 14.9 Å². The van der Waals surface area contributed by atoms with Crippen molar-refractivity contribution in [2.24, 2.45) is 0 Å². The monoisotopic (exact) mass is 426 g/mol. The summed E-state index contributed by atoms with van der Waals surface area (Å²) in [6.07, 6.45) is 1.10. The molecule has 2 aromatic rings. The molecule has 30 heavy (non-hydrogen) atoms. The van der Waals surface area contributed by atoms with Gasteiger partial charge < -0.3 is 5.32 Å². The van der Waals surface area contributed by atoms with Crippen molar-refractivity contribution in [2.45, 2.75) is 37.2 Å². The third kappa shape index (κ3) is 5.45. The Bertz CT molecular complexity index is 1030. The average Bonchev–Trinajstić information content (AvgIpc) is 2.77. The lowest BCUT2D eigenvalue weighted by atomic mass is 9.99. The Kier molecular flexibility index (Phi) is 7.21. The zero-order valence-electron chi connectivity index (χ0n) is 17.0. The zero-order valence-corrected chi connectivity index (χ0v) is 17.8. The molecule has 1 aliphatic rings. The second kappa shape index (κ2) is 9.85. The number of sulfonamides is 1. The maximum absolute atomic E-state index is 12.5. The van der Waals surface area contributed by atoms with E-state index in [2.05, 4.69) is 46.1 Å². The van der Waals surface area contributed by atoms with Crippen LogP contribution in [0.25, 0.3) is 0 Å². The summed E-state index contributed by atoms with van der Waals surface area (Å²) in [6.45, 7) is 4.49. The number of carbonyl (C=O) groups excluding carboxylic acids is 1. The van der Waals surface area contributed by atoms with Crippen LogP contribution in [0.1, 0.15) is 34.8 Å². The Balaban J connectivity index is 1.53. The van der Waals surface area contributed by atoms with Crippen molar-refractivity contribution in [1.29, 1.82) is 5.26 Å². The first-order valence-electron chi connectivity index (χ1n) is 9.96. The van der Waals surface area contributed by atoms with Gasteiger partial charge in [0, 0.05) is 44.2 Å². The molecule has 0 saturated heterocycles. The minimum absolute atomic E-state index is 0.0555. The number of benzene rings is 2. The van der Waals surface area contributed by atoms with Crippen molar-refractivity contribution in [3.05, 3.63) is 65.2 Å². The van der Waals surface area contributed by atoms with E-state index < -0.39 is 10.0 Å². The summed E-state index contributed by atoms with van der Waals surface area (Å²) in [5.74, 6) is -0.236. The second-order valence-corrected chi connectivity index (χ2v) is 9.15. The van der Waals surface area contributed by atoms with Crippen LogP contribution in [0.5, 0.6) is 0 Å². The lowest BCUT2D eigenvalue weighted by Crippen LogP contribution is -2.44. The fraction of sp³-hybridized carbons (Fsp3) is 0.364. The quantitative estimate of drug-likeness (QED) is 0.629. The van der Waals surface area contributed by atoms with Crippen LogP contribution in [0.15, 0.2) is 53.4 Å². The van der Waals surface area contributed by atoms with Crippen LogP contribution >= 0.6 is 0 Å². The van der Waals surface area contributed by atoms with Gasteiger partial charge in [0.25, 0.3) is 5.91 Å². The molecule has 1 atom stereocenters. The highest BCUT2D eigenvalue weighted by molar-refractivity contribution is 7.89. The summed E-state index contributed by atoms with van der Waals surface area (Å²) < 4.78 is 26.6. The van der Waals surface area contributed by atoms with Gasteiger partial charge in [-0.05, 0) is 48.7 Å². The molecule has 0 fully saturated rings. The van der Waals surface area contributed by atoms with E-state index in [0.29, 0.717) is 12.1 Å². The minimum atomic E-state index is -3.68. The Hall–Kier alpha value is -2.73. The van der Waals surface area contributed by atoms with E-state index in [1.165, 1.54) is 35.4 Å². The van der Waals surface area contributed by atoms with Gasteiger partial charge in [0.15, 0.2) is 0 Å². The van der Waals surface area contributed by atoms with E-state index in [0.717, 1.165) is 19.5 Å². The van der Waals surface area contributed by atoms with Crippen molar-refractivity contribution in [3.8, 4) is 6.07 Å². The van der Waals surface area contributed by atoms with Gasteiger partial charge in [-0.2, -0.15) is 5.26 Å². The molecule has 158 valence electrons. The number of nitrogens with one attached hydrogen (secondary N) is 2. The number of hydrogen-bond acceptors (Lipinski definition) is 5. The lowest BCUT2D eigenvalue weighted by molar-refractivity contribution is 0.0932. The van der Waals surface area contributed by atoms with Gasteiger partial charge in [0.1, 0.15) is 0 Å². The van der Waals surface area contributed by atoms with Crippen molar-refractivity contribution in [3.63, 3.8) is 0 Å². The maximum Gasteiger partial charge on any atom is 0.251 e. The van der Waals surface area contributed by atoms with Crippen LogP contribution in [-0.4, -0.2) is 44.9 Å². The van der Waals surface area contributed by atoms with Gasteiger partial charge in [-0.1, -0.05) is 24.3 Å². The Morgan fingerprint density at radius 2 is 1.87 bits per heavy atom. The summed E-state index contributed by atoms with van der Waals surface area (Å²) >= 11 is 0. The smallest absolute Gasteiger partial charge is 0.251 e. The zero-order chi connectivity index (χ0) is 21.6. The van der Waals surface area contributed by atoms with E-state index >= 15 is 0 Å². The number of nitrogens with zero attached hydrogens (tertiary/aromatic N) is 2. The summed E-state index contributed by atoms with van der Waals surface area (Å²) in [4.78, 5) is 14.9.